The van der Waals surface area contributed by atoms with Crippen molar-refractivity contribution in [1.29, 1.82) is 0 Å². The normalized spacial score (nSPS) is 27.0. The van der Waals surface area contributed by atoms with E-state index in [-0.39, 0.29) is 5.92 Å². The molecule has 0 radical (unpaired) electrons. The molecule has 26 heavy (non-hydrogen) atoms. The molecule has 0 N–H and O–H groups in total. The summed E-state index contributed by atoms with van der Waals surface area (Å²) in [7, 11) is 2.05. The quantitative estimate of drug-likeness (QED) is 0.827. The predicted molar refractivity (Wildman–Crippen MR) is 99.9 cm³/mol. The van der Waals surface area contributed by atoms with Gasteiger partial charge in [-0.3, -0.25) is 4.79 Å². The van der Waals surface area contributed by atoms with Gasteiger partial charge in [-0.05, 0) is 51.6 Å². The molecule has 0 spiro atoms. The number of aryl methyl sites for hydroxylation is 1. The molecule has 3 aliphatic rings. The largest absolute Gasteiger partial charge is 0.381 e. The fraction of sp³-hybridized carbons (Fsp3) is 0.800. The summed E-state index contributed by atoms with van der Waals surface area (Å²) < 4.78 is 7.59. The average Bonchev–Trinajstić information content (AvgIpc) is 3.14. The first kappa shape index (κ1) is 18.0. The van der Waals surface area contributed by atoms with E-state index in [1.54, 1.807) is 0 Å². The Kier molecular flexibility index (Phi) is 5.60. The number of hydrogen-bond acceptors (Lipinski definition) is 4. The molecular weight excluding hydrogens is 328 g/mol. The molecule has 1 amide bonds. The minimum atomic E-state index is 0.214. The third-order valence-electron chi connectivity index (χ3n) is 6.54. The molecule has 3 saturated heterocycles. The van der Waals surface area contributed by atoms with Crippen LogP contribution in [0.15, 0.2) is 12.4 Å². The van der Waals surface area contributed by atoms with Crippen LogP contribution in [0.3, 0.4) is 0 Å². The molecule has 1 aromatic rings. The van der Waals surface area contributed by atoms with Gasteiger partial charge in [0.05, 0.1) is 0 Å². The molecule has 4 heterocycles. The molecule has 4 rings (SSSR count). The molecule has 6 nitrogen and oxygen atoms in total. The molecule has 3 fully saturated rings. The smallest absolute Gasteiger partial charge is 0.225 e. The summed E-state index contributed by atoms with van der Waals surface area (Å²) in [5, 5.41) is 0. The highest BCUT2D eigenvalue weighted by atomic mass is 16.5. The topological polar surface area (TPSA) is 50.6 Å². The van der Waals surface area contributed by atoms with Gasteiger partial charge in [0.15, 0.2) is 0 Å². The first-order chi connectivity index (χ1) is 12.7. The highest BCUT2D eigenvalue weighted by Crippen LogP contribution is 2.29. The maximum Gasteiger partial charge on any atom is 0.225 e. The number of piperidine rings is 2. The Hall–Kier alpha value is -1.40. The van der Waals surface area contributed by atoms with Crippen LogP contribution in [0.4, 0.5) is 0 Å². The molecular formula is C20H32N4O2. The summed E-state index contributed by atoms with van der Waals surface area (Å²) >= 11 is 0. The minimum Gasteiger partial charge on any atom is -0.381 e. The zero-order valence-electron chi connectivity index (χ0n) is 16.0. The lowest BCUT2D eigenvalue weighted by Gasteiger charge is -2.41. The van der Waals surface area contributed by atoms with Gasteiger partial charge < -0.3 is 19.1 Å². The molecule has 6 heteroatoms. The van der Waals surface area contributed by atoms with Crippen molar-refractivity contribution in [2.24, 2.45) is 13.0 Å². The third-order valence-corrected chi connectivity index (χ3v) is 6.54. The van der Waals surface area contributed by atoms with Crippen molar-refractivity contribution < 1.29 is 9.53 Å². The van der Waals surface area contributed by atoms with Crippen LogP contribution >= 0.6 is 0 Å². The fourth-order valence-electron chi connectivity index (χ4n) is 4.98. The van der Waals surface area contributed by atoms with E-state index in [0.29, 0.717) is 17.9 Å². The van der Waals surface area contributed by atoms with Crippen LogP contribution in [-0.4, -0.2) is 70.7 Å². The Bertz CT molecular complexity index is 603. The fourth-order valence-corrected chi connectivity index (χ4v) is 4.98. The summed E-state index contributed by atoms with van der Waals surface area (Å²) in [4.78, 5) is 22.3. The number of carbonyl (C=O) groups excluding carboxylic acids is 1. The number of rotatable bonds is 3. The summed E-state index contributed by atoms with van der Waals surface area (Å²) in [5.41, 5.74) is 0. The van der Waals surface area contributed by atoms with Crippen LogP contribution in [0.25, 0.3) is 0 Å². The second-order valence-electron chi connectivity index (χ2n) is 8.17. The van der Waals surface area contributed by atoms with Crippen molar-refractivity contribution >= 4 is 5.91 Å². The molecule has 144 valence electrons. The lowest BCUT2D eigenvalue weighted by Crippen LogP contribution is -2.48. The number of likely N-dealkylation sites (tertiary alicyclic amines) is 2. The van der Waals surface area contributed by atoms with Crippen LogP contribution in [-0.2, 0) is 16.6 Å². The Balaban J connectivity index is 1.31. The van der Waals surface area contributed by atoms with Gasteiger partial charge in [0, 0.05) is 63.6 Å². The SMILES string of the molecule is Cn1ccnc1[C@H]1CCCN(C(=O)C2CCN(C3CCOCC3)CC2)C1. The van der Waals surface area contributed by atoms with Gasteiger partial charge in [-0.2, -0.15) is 0 Å². The van der Waals surface area contributed by atoms with Crippen molar-refractivity contribution in [3.8, 4) is 0 Å². The van der Waals surface area contributed by atoms with E-state index in [9.17, 15) is 4.79 Å². The van der Waals surface area contributed by atoms with Crippen LogP contribution in [0.5, 0.6) is 0 Å². The van der Waals surface area contributed by atoms with Gasteiger partial charge in [-0.25, -0.2) is 4.98 Å². The highest BCUT2D eigenvalue weighted by molar-refractivity contribution is 5.79. The Morgan fingerprint density at radius 1 is 1.12 bits per heavy atom. The van der Waals surface area contributed by atoms with Gasteiger partial charge in [-0.1, -0.05) is 0 Å². The van der Waals surface area contributed by atoms with Gasteiger partial charge in [0.2, 0.25) is 5.91 Å². The number of imidazole rings is 1. The van der Waals surface area contributed by atoms with Crippen LogP contribution in [0, 0.1) is 5.92 Å². The molecule has 0 aliphatic carbocycles. The first-order valence-corrected chi connectivity index (χ1v) is 10.3. The maximum absolute atomic E-state index is 13.1. The number of aromatic nitrogens is 2. The number of ether oxygens (including phenoxy) is 1. The minimum absolute atomic E-state index is 0.214. The van der Waals surface area contributed by atoms with E-state index in [1.165, 1.54) is 0 Å². The second-order valence-corrected chi connectivity index (χ2v) is 8.17. The molecule has 0 bridgehead atoms. The Morgan fingerprint density at radius 3 is 2.58 bits per heavy atom. The van der Waals surface area contributed by atoms with E-state index in [1.807, 2.05) is 12.4 Å². The van der Waals surface area contributed by atoms with E-state index < -0.39 is 0 Å². The average molecular weight is 361 g/mol. The van der Waals surface area contributed by atoms with E-state index in [4.69, 9.17) is 4.74 Å². The van der Waals surface area contributed by atoms with Crippen molar-refractivity contribution in [2.45, 2.75) is 50.5 Å². The lowest BCUT2D eigenvalue weighted by atomic mass is 9.90. The van der Waals surface area contributed by atoms with Crippen LogP contribution < -0.4 is 0 Å². The molecule has 3 aliphatic heterocycles. The van der Waals surface area contributed by atoms with Gasteiger partial charge in [0.1, 0.15) is 5.82 Å². The number of carbonyl (C=O) groups is 1. The lowest BCUT2D eigenvalue weighted by molar-refractivity contribution is -0.138. The standard InChI is InChI=1S/C20H32N4O2/c1-22-12-8-21-19(22)17-3-2-9-24(15-17)20(25)16-4-10-23(11-5-16)18-6-13-26-14-7-18/h8,12,16-18H,2-7,9-11,13-15H2,1H3/t17-/m0/s1. The zero-order valence-corrected chi connectivity index (χ0v) is 16.0. The molecule has 0 unspecified atom stereocenters. The summed E-state index contributed by atoms with van der Waals surface area (Å²) in [5.74, 6) is 2.11. The predicted octanol–water partition coefficient (Wildman–Crippen LogP) is 2.02. The molecule has 0 saturated carbocycles. The molecule has 1 atom stereocenters. The maximum atomic E-state index is 13.1. The summed E-state index contributed by atoms with van der Waals surface area (Å²) in [6, 6.07) is 0.669. The first-order valence-electron chi connectivity index (χ1n) is 10.3. The third kappa shape index (κ3) is 3.81. The van der Waals surface area contributed by atoms with Crippen molar-refractivity contribution in [1.82, 2.24) is 19.4 Å². The number of hydrogen-bond donors (Lipinski definition) is 0. The van der Waals surface area contributed by atoms with Gasteiger partial charge in [-0.15, -0.1) is 0 Å². The highest BCUT2D eigenvalue weighted by Gasteiger charge is 2.34. The second kappa shape index (κ2) is 8.09. The van der Waals surface area contributed by atoms with Crippen LogP contribution in [0.2, 0.25) is 0 Å². The zero-order chi connectivity index (χ0) is 17.9. The number of nitrogens with zero attached hydrogens (tertiary/aromatic N) is 4. The van der Waals surface area contributed by atoms with E-state index >= 15 is 0 Å². The van der Waals surface area contributed by atoms with Gasteiger partial charge in [0.25, 0.3) is 0 Å². The van der Waals surface area contributed by atoms with Crippen molar-refractivity contribution in [3.05, 3.63) is 18.2 Å². The Morgan fingerprint density at radius 2 is 1.88 bits per heavy atom. The number of amides is 1. The van der Waals surface area contributed by atoms with E-state index in [2.05, 4.69) is 26.4 Å². The van der Waals surface area contributed by atoms with E-state index in [0.717, 1.165) is 83.7 Å². The summed E-state index contributed by atoms with van der Waals surface area (Å²) in [6.45, 7) is 5.68. The molecule has 0 aromatic carbocycles. The monoisotopic (exact) mass is 360 g/mol. The van der Waals surface area contributed by atoms with Crippen molar-refractivity contribution in [2.75, 3.05) is 39.4 Å². The molecule has 1 aromatic heterocycles. The van der Waals surface area contributed by atoms with Gasteiger partial charge >= 0.3 is 0 Å². The Labute approximate surface area is 156 Å². The van der Waals surface area contributed by atoms with Crippen LogP contribution in [0.1, 0.15) is 50.3 Å². The van der Waals surface area contributed by atoms with Crippen molar-refractivity contribution in [3.63, 3.8) is 0 Å². The summed E-state index contributed by atoms with van der Waals surface area (Å²) in [6.07, 6.45) is 10.4.